The molecule has 0 atom stereocenters. The van der Waals surface area contributed by atoms with Crippen LogP contribution in [0.4, 0.5) is 0 Å². The molecule has 0 fully saturated rings. The molecule has 0 heterocycles. The first kappa shape index (κ1) is 5.08. The van der Waals surface area contributed by atoms with Gasteiger partial charge >= 0.3 is 62.5 Å². The van der Waals surface area contributed by atoms with E-state index in [1.807, 2.05) is 0 Å². The Hall–Kier alpha value is 0.259. The summed E-state index contributed by atoms with van der Waals surface area (Å²) in [4.78, 5) is 0. The van der Waals surface area contributed by atoms with Crippen LogP contribution in [0.25, 0.3) is 11.1 Å². The standard InChI is InChI=1S/C6H2Se2/c7-5-1-3(5)4-2-6(4)8/h1-2H. The van der Waals surface area contributed by atoms with Crippen molar-refractivity contribution in [3.8, 4) is 11.1 Å². The summed E-state index contributed by atoms with van der Waals surface area (Å²) < 4.78 is 2.64. The van der Waals surface area contributed by atoms with Gasteiger partial charge in [-0.2, -0.15) is 0 Å². The van der Waals surface area contributed by atoms with Gasteiger partial charge in [-0.3, -0.25) is 0 Å². The van der Waals surface area contributed by atoms with E-state index in [0.29, 0.717) is 0 Å². The van der Waals surface area contributed by atoms with Crippen LogP contribution in [0.15, 0.2) is 12.1 Å². The van der Waals surface area contributed by atoms with Crippen molar-refractivity contribution in [3.05, 3.63) is 20.3 Å². The van der Waals surface area contributed by atoms with Crippen molar-refractivity contribution < 1.29 is 0 Å². The first-order chi connectivity index (χ1) is 3.79. The number of hydrogen-bond acceptors (Lipinski definition) is 0. The molecule has 2 aromatic carbocycles. The Morgan fingerprint density at radius 3 is 1.25 bits per heavy atom. The predicted octanol–water partition coefficient (Wildman–Crippen LogP) is 0.506. The Kier molecular flexibility index (Phi) is 0.887. The summed E-state index contributed by atoms with van der Waals surface area (Å²) in [7, 11) is 0. The van der Waals surface area contributed by atoms with Gasteiger partial charge in [0.25, 0.3) is 0 Å². The summed E-state index contributed by atoms with van der Waals surface area (Å²) in [5.41, 5.74) is 2.80. The zero-order chi connectivity index (χ0) is 5.72. The van der Waals surface area contributed by atoms with Gasteiger partial charge in [-0.1, -0.05) is 0 Å². The van der Waals surface area contributed by atoms with Gasteiger partial charge in [0.2, 0.25) is 0 Å². The molecule has 0 spiro atoms. The third kappa shape index (κ3) is 0.655. The molecular weight excluding hydrogens is 230 g/mol. The molecule has 0 saturated heterocycles. The summed E-state index contributed by atoms with van der Waals surface area (Å²) in [6.45, 7) is 0. The van der Waals surface area contributed by atoms with E-state index < -0.39 is 0 Å². The second kappa shape index (κ2) is 1.40. The van der Waals surface area contributed by atoms with Gasteiger partial charge in [0, 0.05) is 0 Å². The van der Waals surface area contributed by atoms with Gasteiger partial charge in [0.05, 0.1) is 0 Å². The summed E-state index contributed by atoms with van der Waals surface area (Å²) in [5.74, 6) is 0. The van der Waals surface area contributed by atoms with Gasteiger partial charge < -0.3 is 0 Å². The molecule has 0 saturated carbocycles. The van der Waals surface area contributed by atoms with E-state index in [1.165, 1.54) is 19.3 Å². The molecule has 0 nitrogen and oxygen atoms in total. The van der Waals surface area contributed by atoms with Crippen molar-refractivity contribution in [1.82, 2.24) is 0 Å². The van der Waals surface area contributed by atoms with Gasteiger partial charge in [-0.25, -0.2) is 0 Å². The van der Waals surface area contributed by atoms with Crippen LogP contribution in [-0.4, -0.2) is 31.2 Å². The average molecular weight is 232 g/mol. The monoisotopic (exact) mass is 234 g/mol. The topological polar surface area (TPSA) is 0 Å². The van der Waals surface area contributed by atoms with Crippen LogP contribution >= 0.6 is 0 Å². The molecule has 0 amide bonds. The maximum atomic E-state index is 2.96. The van der Waals surface area contributed by atoms with E-state index in [-0.39, 0.29) is 0 Å². The number of rotatable bonds is 1. The fourth-order valence-electron chi connectivity index (χ4n) is 0.611. The summed E-state index contributed by atoms with van der Waals surface area (Å²) >= 11 is 5.92. The summed E-state index contributed by atoms with van der Waals surface area (Å²) in [6, 6.07) is 4.30. The van der Waals surface area contributed by atoms with Crippen molar-refractivity contribution in [2.75, 3.05) is 0 Å². The van der Waals surface area contributed by atoms with E-state index >= 15 is 0 Å². The minimum absolute atomic E-state index is 1.32. The fourth-order valence-corrected chi connectivity index (χ4v) is 1.57. The van der Waals surface area contributed by atoms with Gasteiger partial charge in [0.1, 0.15) is 0 Å². The molecule has 2 aromatic rings. The van der Waals surface area contributed by atoms with Crippen LogP contribution in [0, 0.1) is 8.13 Å². The van der Waals surface area contributed by atoms with E-state index in [4.69, 9.17) is 0 Å². The van der Waals surface area contributed by atoms with Crippen LogP contribution in [0.1, 0.15) is 0 Å². The average Bonchev–Trinajstić information content (AvgIpc) is 2.47. The maximum absolute atomic E-state index is 2.96. The van der Waals surface area contributed by atoms with Gasteiger partial charge in [-0.05, 0) is 0 Å². The first-order valence-electron chi connectivity index (χ1n) is 2.31. The van der Waals surface area contributed by atoms with Crippen molar-refractivity contribution in [1.29, 1.82) is 0 Å². The molecule has 2 rings (SSSR count). The van der Waals surface area contributed by atoms with E-state index in [9.17, 15) is 0 Å². The SMILES string of the molecule is [Se]=c1cc1-c1cc1=[Se]. The Labute approximate surface area is 62.6 Å². The molecule has 0 aliphatic heterocycles. The van der Waals surface area contributed by atoms with Crippen molar-refractivity contribution in [2.24, 2.45) is 0 Å². The molecule has 0 bridgehead atoms. The van der Waals surface area contributed by atoms with Crippen LogP contribution < -0.4 is 0 Å². The van der Waals surface area contributed by atoms with Crippen LogP contribution in [0.5, 0.6) is 0 Å². The van der Waals surface area contributed by atoms with Crippen molar-refractivity contribution in [3.63, 3.8) is 0 Å². The molecule has 2 heteroatoms. The zero-order valence-corrected chi connectivity index (χ0v) is 7.40. The molecule has 0 aliphatic rings. The van der Waals surface area contributed by atoms with E-state index in [0.717, 1.165) is 0 Å². The summed E-state index contributed by atoms with van der Waals surface area (Å²) in [6.07, 6.45) is 0. The fraction of sp³-hybridized carbons (Fsp3) is 0. The molecule has 0 aromatic heterocycles. The predicted molar refractivity (Wildman–Crippen MR) is 34.6 cm³/mol. The van der Waals surface area contributed by atoms with Crippen molar-refractivity contribution >= 4 is 31.2 Å². The summed E-state index contributed by atoms with van der Waals surface area (Å²) in [5, 5.41) is 0. The molecule has 0 radical (unpaired) electrons. The normalized spacial score (nSPS) is 11.5. The van der Waals surface area contributed by atoms with Crippen molar-refractivity contribution in [2.45, 2.75) is 0 Å². The molecule has 0 N–H and O–H groups in total. The minimum atomic E-state index is 1.32. The quantitative estimate of drug-likeness (QED) is 0.628. The molecule has 38 valence electrons. The zero-order valence-electron chi connectivity index (χ0n) is 3.97. The van der Waals surface area contributed by atoms with Gasteiger partial charge in [0.15, 0.2) is 0 Å². The third-order valence-corrected chi connectivity index (χ3v) is 2.62. The van der Waals surface area contributed by atoms with Gasteiger partial charge in [-0.15, -0.1) is 0 Å². The van der Waals surface area contributed by atoms with Crippen LogP contribution in [-0.2, 0) is 0 Å². The molecule has 8 heavy (non-hydrogen) atoms. The Morgan fingerprint density at radius 1 is 0.875 bits per heavy atom. The molecule has 0 aliphatic carbocycles. The van der Waals surface area contributed by atoms with E-state index in [1.54, 1.807) is 0 Å². The molecular formula is C6H2Se2. The van der Waals surface area contributed by atoms with Crippen LogP contribution in [0.2, 0.25) is 0 Å². The van der Waals surface area contributed by atoms with E-state index in [2.05, 4.69) is 43.3 Å². The third-order valence-electron chi connectivity index (χ3n) is 1.21. The number of hydrogen-bond donors (Lipinski definition) is 0. The second-order valence-corrected chi connectivity index (χ2v) is 3.69. The molecule has 0 unspecified atom stereocenters. The Bertz CT molecular complexity index is 305. The Morgan fingerprint density at radius 2 is 1.12 bits per heavy atom. The van der Waals surface area contributed by atoms with Crippen LogP contribution in [0.3, 0.4) is 0 Å². The Balaban J connectivity index is 2.54. The first-order valence-corrected chi connectivity index (χ1v) is 4.03. The second-order valence-electron chi connectivity index (χ2n) is 1.84.